The highest BCUT2D eigenvalue weighted by Crippen LogP contribution is 2.17. The van der Waals surface area contributed by atoms with E-state index in [1.165, 1.54) is 0 Å². The van der Waals surface area contributed by atoms with Crippen molar-refractivity contribution in [1.29, 1.82) is 0 Å². The Balaban J connectivity index is 1.94. The largest absolute Gasteiger partial charge is 0.334 e. The number of nitrogens with one attached hydrogen (secondary N) is 1. The maximum Gasteiger partial charge on any atom is 0.254 e. The number of nitrogens with zero attached hydrogens (tertiary/aromatic N) is 1. The van der Waals surface area contributed by atoms with Crippen molar-refractivity contribution in [3.8, 4) is 0 Å². The minimum absolute atomic E-state index is 0.0458. The number of carbonyl (C=O) groups excluding carboxylic acids is 1. The maximum atomic E-state index is 12.9. The summed E-state index contributed by atoms with van der Waals surface area (Å²) in [4.78, 5) is 30.1. The minimum Gasteiger partial charge on any atom is -0.334 e. The molecule has 4 heteroatoms. The van der Waals surface area contributed by atoms with Crippen LogP contribution in [0.25, 0.3) is 10.9 Å². The van der Waals surface area contributed by atoms with Crippen molar-refractivity contribution in [3.05, 3.63) is 81.1 Å². The Morgan fingerprint density at radius 3 is 2.50 bits per heavy atom. The Morgan fingerprint density at radius 2 is 1.81 bits per heavy atom. The first-order valence-electron chi connectivity index (χ1n) is 8.97. The van der Waals surface area contributed by atoms with Crippen LogP contribution in [-0.2, 0) is 6.54 Å². The van der Waals surface area contributed by atoms with Crippen molar-refractivity contribution in [2.24, 2.45) is 0 Å². The van der Waals surface area contributed by atoms with Gasteiger partial charge in [0.25, 0.3) is 11.5 Å². The molecule has 0 radical (unpaired) electrons. The zero-order chi connectivity index (χ0) is 18.7. The van der Waals surface area contributed by atoms with Crippen LogP contribution in [0.1, 0.15) is 40.4 Å². The standard InChI is InChI=1S/C22H24N2O2/c1-4-12-24(22(26)17-10-8-15(2)9-11-17)14-19-13-18-7-5-6-16(3)20(18)23-21(19)25/h5-11,13H,4,12,14H2,1-3H3,(H,23,25). The number of pyridine rings is 1. The van der Waals surface area contributed by atoms with E-state index in [9.17, 15) is 9.59 Å². The predicted octanol–water partition coefficient (Wildman–Crippen LogP) is 4.20. The number of rotatable bonds is 5. The van der Waals surface area contributed by atoms with Gasteiger partial charge in [-0.2, -0.15) is 0 Å². The summed E-state index contributed by atoms with van der Waals surface area (Å²) >= 11 is 0. The highest BCUT2D eigenvalue weighted by Gasteiger charge is 2.17. The highest BCUT2D eigenvalue weighted by molar-refractivity contribution is 5.94. The van der Waals surface area contributed by atoms with Crippen molar-refractivity contribution in [2.45, 2.75) is 33.7 Å². The lowest BCUT2D eigenvalue weighted by Gasteiger charge is -2.22. The first-order chi connectivity index (χ1) is 12.5. The molecule has 0 unspecified atom stereocenters. The fourth-order valence-corrected chi connectivity index (χ4v) is 3.15. The summed E-state index contributed by atoms with van der Waals surface area (Å²) < 4.78 is 0. The summed E-state index contributed by atoms with van der Waals surface area (Å²) in [6, 6.07) is 15.4. The number of aromatic nitrogens is 1. The molecule has 1 amide bonds. The van der Waals surface area contributed by atoms with E-state index in [2.05, 4.69) is 4.98 Å². The second kappa shape index (κ2) is 7.56. The zero-order valence-electron chi connectivity index (χ0n) is 15.5. The minimum atomic E-state index is -0.135. The Hall–Kier alpha value is -2.88. The molecule has 4 nitrogen and oxygen atoms in total. The number of para-hydroxylation sites is 1. The smallest absolute Gasteiger partial charge is 0.254 e. The van der Waals surface area contributed by atoms with E-state index in [0.29, 0.717) is 24.2 Å². The molecule has 3 aromatic rings. The summed E-state index contributed by atoms with van der Waals surface area (Å²) in [7, 11) is 0. The summed E-state index contributed by atoms with van der Waals surface area (Å²) in [5, 5.41) is 0.985. The molecule has 134 valence electrons. The van der Waals surface area contributed by atoms with Gasteiger partial charge < -0.3 is 9.88 Å². The Labute approximate surface area is 153 Å². The third-order valence-electron chi connectivity index (χ3n) is 4.61. The molecule has 0 aliphatic heterocycles. The van der Waals surface area contributed by atoms with Gasteiger partial charge in [0.2, 0.25) is 0 Å². The molecular weight excluding hydrogens is 324 g/mol. The van der Waals surface area contributed by atoms with Gasteiger partial charge in [-0.05, 0) is 49.4 Å². The summed E-state index contributed by atoms with van der Waals surface area (Å²) in [6.07, 6.45) is 0.836. The van der Waals surface area contributed by atoms with Gasteiger partial charge in [0.05, 0.1) is 12.1 Å². The van der Waals surface area contributed by atoms with Crippen molar-refractivity contribution in [3.63, 3.8) is 0 Å². The van der Waals surface area contributed by atoms with E-state index < -0.39 is 0 Å². The molecule has 0 aliphatic rings. The number of benzene rings is 2. The molecule has 0 bridgehead atoms. The highest BCUT2D eigenvalue weighted by atomic mass is 16.2. The maximum absolute atomic E-state index is 12.9. The molecular formula is C22H24N2O2. The van der Waals surface area contributed by atoms with Crippen LogP contribution < -0.4 is 5.56 Å². The average Bonchev–Trinajstić information content (AvgIpc) is 2.63. The summed E-state index contributed by atoms with van der Waals surface area (Å²) in [5.41, 5.74) is 4.13. The van der Waals surface area contributed by atoms with Crippen molar-refractivity contribution in [1.82, 2.24) is 9.88 Å². The van der Waals surface area contributed by atoms with E-state index in [-0.39, 0.29) is 11.5 Å². The first kappa shape index (κ1) is 17.9. The second-order valence-corrected chi connectivity index (χ2v) is 6.76. The number of hydrogen-bond acceptors (Lipinski definition) is 2. The fourth-order valence-electron chi connectivity index (χ4n) is 3.15. The lowest BCUT2D eigenvalue weighted by atomic mass is 10.1. The van der Waals surface area contributed by atoms with E-state index in [1.54, 1.807) is 4.90 Å². The van der Waals surface area contributed by atoms with Crippen LogP contribution in [-0.4, -0.2) is 22.3 Å². The van der Waals surface area contributed by atoms with Gasteiger partial charge >= 0.3 is 0 Å². The number of fused-ring (bicyclic) bond motifs is 1. The fraction of sp³-hybridized carbons (Fsp3) is 0.273. The van der Waals surface area contributed by atoms with Crippen LogP contribution in [0.3, 0.4) is 0 Å². The van der Waals surface area contributed by atoms with Gasteiger partial charge in [0.15, 0.2) is 0 Å². The van der Waals surface area contributed by atoms with E-state index in [4.69, 9.17) is 0 Å². The molecule has 1 N–H and O–H groups in total. The number of aromatic amines is 1. The van der Waals surface area contributed by atoms with Crippen LogP contribution >= 0.6 is 0 Å². The van der Waals surface area contributed by atoms with Crippen LogP contribution in [0.15, 0.2) is 53.3 Å². The third kappa shape index (κ3) is 3.69. The summed E-state index contributed by atoms with van der Waals surface area (Å²) in [6.45, 7) is 6.91. The second-order valence-electron chi connectivity index (χ2n) is 6.76. The lowest BCUT2D eigenvalue weighted by Crippen LogP contribution is -2.33. The van der Waals surface area contributed by atoms with Gasteiger partial charge in [-0.1, -0.05) is 42.8 Å². The normalized spacial score (nSPS) is 10.9. The van der Waals surface area contributed by atoms with Gasteiger partial charge in [0.1, 0.15) is 0 Å². The number of aryl methyl sites for hydroxylation is 2. The van der Waals surface area contributed by atoms with Crippen molar-refractivity contribution < 1.29 is 4.79 Å². The molecule has 0 atom stereocenters. The monoisotopic (exact) mass is 348 g/mol. The zero-order valence-corrected chi connectivity index (χ0v) is 15.5. The summed E-state index contributed by atoms with van der Waals surface area (Å²) in [5.74, 6) is -0.0458. The molecule has 2 aromatic carbocycles. The first-order valence-corrected chi connectivity index (χ1v) is 8.97. The Kier molecular flexibility index (Phi) is 5.21. The molecule has 26 heavy (non-hydrogen) atoms. The van der Waals surface area contributed by atoms with Crippen molar-refractivity contribution >= 4 is 16.8 Å². The van der Waals surface area contributed by atoms with Crippen molar-refractivity contribution in [2.75, 3.05) is 6.54 Å². The molecule has 0 saturated carbocycles. The molecule has 1 heterocycles. The number of H-pyrrole nitrogens is 1. The average molecular weight is 348 g/mol. The van der Waals surface area contributed by atoms with Crippen LogP contribution in [0.4, 0.5) is 0 Å². The van der Waals surface area contributed by atoms with Gasteiger partial charge in [-0.15, -0.1) is 0 Å². The van der Waals surface area contributed by atoms with Crippen LogP contribution in [0, 0.1) is 13.8 Å². The lowest BCUT2D eigenvalue weighted by molar-refractivity contribution is 0.0742. The van der Waals surface area contributed by atoms with E-state index >= 15 is 0 Å². The van der Waals surface area contributed by atoms with Gasteiger partial charge in [-0.25, -0.2) is 0 Å². The molecule has 0 spiro atoms. The molecule has 0 aliphatic carbocycles. The van der Waals surface area contributed by atoms with Crippen LogP contribution in [0.2, 0.25) is 0 Å². The Morgan fingerprint density at radius 1 is 1.08 bits per heavy atom. The quantitative estimate of drug-likeness (QED) is 0.751. The molecule has 1 aromatic heterocycles. The van der Waals surface area contributed by atoms with E-state index in [1.807, 2.05) is 69.3 Å². The number of amides is 1. The third-order valence-corrected chi connectivity index (χ3v) is 4.61. The molecule has 3 rings (SSSR count). The topological polar surface area (TPSA) is 53.2 Å². The Bertz CT molecular complexity index is 987. The van der Waals surface area contributed by atoms with Gasteiger partial charge in [0, 0.05) is 17.7 Å². The van der Waals surface area contributed by atoms with Crippen LogP contribution in [0.5, 0.6) is 0 Å². The molecule has 0 fully saturated rings. The SMILES string of the molecule is CCCN(Cc1cc2cccc(C)c2[nH]c1=O)C(=O)c1ccc(C)cc1. The predicted molar refractivity (Wildman–Crippen MR) is 106 cm³/mol. The number of carbonyl (C=O) groups is 1. The number of hydrogen-bond donors (Lipinski definition) is 1. The molecule has 0 saturated heterocycles. The van der Waals surface area contributed by atoms with E-state index in [0.717, 1.165) is 28.5 Å². The van der Waals surface area contributed by atoms with Gasteiger partial charge in [-0.3, -0.25) is 9.59 Å².